The van der Waals surface area contributed by atoms with Crippen LogP contribution in [-0.2, 0) is 14.6 Å². The van der Waals surface area contributed by atoms with E-state index in [1.807, 2.05) is 0 Å². The molecule has 0 aromatic carbocycles. The van der Waals surface area contributed by atoms with E-state index >= 15 is 0 Å². The highest BCUT2D eigenvalue weighted by Gasteiger charge is 2.03. The van der Waals surface area contributed by atoms with Gasteiger partial charge in [-0.1, -0.05) is 6.92 Å². The summed E-state index contributed by atoms with van der Waals surface area (Å²) >= 11 is 0. The van der Waals surface area contributed by atoms with Crippen molar-refractivity contribution in [2.45, 2.75) is 6.92 Å². The normalized spacial score (nSPS) is 11.8. The van der Waals surface area contributed by atoms with Crippen molar-refractivity contribution in [3.63, 3.8) is 0 Å². The quantitative estimate of drug-likeness (QED) is 0.552. The predicted molar refractivity (Wildman–Crippen MR) is 31.3 cm³/mol. The number of methoxy groups -OCH3 is 1. The fourth-order valence-electron chi connectivity index (χ4n) is 0.263. The molecule has 0 aliphatic heterocycles. The lowest BCUT2D eigenvalue weighted by Crippen LogP contribution is -2.09. The molecule has 0 amide bonds. The van der Waals surface area contributed by atoms with Crippen molar-refractivity contribution < 1.29 is 13.2 Å². The van der Waals surface area contributed by atoms with E-state index in [0.29, 0.717) is 0 Å². The zero-order valence-corrected chi connectivity index (χ0v) is 5.86. The van der Waals surface area contributed by atoms with Crippen LogP contribution in [0.3, 0.4) is 0 Å². The Hall–Kier alpha value is -0.0900. The van der Waals surface area contributed by atoms with E-state index in [4.69, 9.17) is 0 Å². The molecule has 0 aliphatic rings. The zero-order chi connectivity index (χ0) is 6.62. The maximum atomic E-state index is 10.5. The summed E-state index contributed by atoms with van der Waals surface area (Å²) in [7, 11) is -1.52. The van der Waals surface area contributed by atoms with E-state index in [9.17, 15) is 8.42 Å². The number of hydrogen-bond acceptors (Lipinski definition) is 3. The number of sulfone groups is 1. The molecule has 0 atom stereocenters. The SMILES string of the molecule is CCS(=O)(=O)COC. The molecule has 0 radical (unpaired) electrons. The summed E-state index contributed by atoms with van der Waals surface area (Å²) in [6.45, 7) is 1.59. The van der Waals surface area contributed by atoms with Gasteiger partial charge < -0.3 is 4.74 Å². The van der Waals surface area contributed by atoms with Gasteiger partial charge in [0.1, 0.15) is 5.94 Å². The summed E-state index contributed by atoms with van der Waals surface area (Å²) < 4.78 is 25.4. The van der Waals surface area contributed by atoms with Gasteiger partial charge in [-0.25, -0.2) is 8.42 Å². The first-order valence-electron chi connectivity index (χ1n) is 2.31. The molecule has 50 valence electrons. The Morgan fingerprint density at radius 2 is 2.00 bits per heavy atom. The van der Waals surface area contributed by atoms with E-state index in [0.717, 1.165) is 0 Å². The minimum Gasteiger partial charge on any atom is -0.369 e. The van der Waals surface area contributed by atoms with E-state index in [-0.39, 0.29) is 11.7 Å². The van der Waals surface area contributed by atoms with Gasteiger partial charge in [-0.15, -0.1) is 0 Å². The Labute approximate surface area is 49.6 Å². The molecule has 3 nitrogen and oxygen atoms in total. The van der Waals surface area contributed by atoms with Gasteiger partial charge in [0.15, 0.2) is 9.84 Å². The van der Waals surface area contributed by atoms with Gasteiger partial charge in [0, 0.05) is 12.9 Å². The molecular formula is C4H10O3S. The van der Waals surface area contributed by atoms with E-state index in [1.54, 1.807) is 6.92 Å². The molecule has 0 spiro atoms. The standard InChI is InChI=1S/C4H10O3S/c1-3-8(5,6)4-7-2/h3-4H2,1-2H3. The maximum absolute atomic E-state index is 10.5. The molecule has 0 rings (SSSR count). The van der Waals surface area contributed by atoms with Crippen LogP contribution in [0.25, 0.3) is 0 Å². The Balaban J connectivity index is 3.76. The largest absolute Gasteiger partial charge is 0.369 e. The molecule has 0 aromatic rings. The summed E-state index contributed by atoms with van der Waals surface area (Å²) in [5, 5.41) is 0. The van der Waals surface area contributed by atoms with Gasteiger partial charge >= 0.3 is 0 Å². The van der Waals surface area contributed by atoms with Crippen LogP contribution >= 0.6 is 0 Å². The molecule has 0 aromatic heterocycles. The van der Waals surface area contributed by atoms with Crippen molar-refractivity contribution in [1.82, 2.24) is 0 Å². The first kappa shape index (κ1) is 7.91. The highest BCUT2D eigenvalue weighted by atomic mass is 32.2. The Morgan fingerprint density at radius 3 is 2.12 bits per heavy atom. The third-order valence-electron chi connectivity index (χ3n) is 0.737. The van der Waals surface area contributed by atoms with E-state index in [2.05, 4.69) is 4.74 Å². The van der Waals surface area contributed by atoms with Gasteiger partial charge in [0.25, 0.3) is 0 Å². The maximum Gasteiger partial charge on any atom is 0.173 e. The molecule has 0 unspecified atom stereocenters. The van der Waals surface area contributed by atoms with Crippen LogP contribution in [0.4, 0.5) is 0 Å². The van der Waals surface area contributed by atoms with E-state index in [1.165, 1.54) is 7.11 Å². The zero-order valence-electron chi connectivity index (χ0n) is 5.05. The molecule has 0 heterocycles. The van der Waals surface area contributed by atoms with E-state index < -0.39 is 9.84 Å². The molecule has 8 heavy (non-hydrogen) atoms. The van der Waals surface area contributed by atoms with Crippen LogP contribution in [0.2, 0.25) is 0 Å². The number of ether oxygens (including phenoxy) is 1. The summed E-state index contributed by atoms with van der Waals surface area (Å²) in [6, 6.07) is 0. The van der Waals surface area contributed by atoms with Crippen molar-refractivity contribution in [2.75, 3.05) is 18.8 Å². The Kier molecular flexibility index (Phi) is 3.01. The van der Waals surface area contributed by atoms with Crippen LogP contribution in [0, 0.1) is 0 Å². The van der Waals surface area contributed by atoms with Gasteiger partial charge in [0.2, 0.25) is 0 Å². The van der Waals surface area contributed by atoms with Crippen molar-refractivity contribution in [3.8, 4) is 0 Å². The third kappa shape index (κ3) is 2.98. The van der Waals surface area contributed by atoms with Gasteiger partial charge in [0.05, 0.1) is 0 Å². The molecule has 4 heteroatoms. The number of hydrogen-bond donors (Lipinski definition) is 0. The van der Waals surface area contributed by atoms with Crippen molar-refractivity contribution in [1.29, 1.82) is 0 Å². The second kappa shape index (κ2) is 3.04. The van der Waals surface area contributed by atoms with Gasteiger partial charge in [-0.3, -0.25) is 0 Å². The van der Waals surface area contributed by atoms with Gasteiger partial charge in [-0.05, 0) is 0 Å². The smallest absolute Gasteiger partial charge is 0.173 e. The average molecular weight is 138 g/mol. The van der Waals surface area contributed by atoms with Gasteiger partial charge in [-0.2, -0.15) is 0 Å². The minimum atomic E-state index is -2.89. The highest BCUT2D eigenvalue weighted by Crippen LogP contribution is 1.86. The lowest BCUT2D eigenvalue weighted by molar-refractivity contribution is 0.250. The molecule has 0 saturated heterocycles. The van der Waals surface area contributed by atoms with Crippen molar-refractivity contribution in [3.05, 3.63) is 0 Å². The van der Waals surface area contributed by atoms with Crippen molar-refractivity contribution in [2.24, 2.45) is 0 Å². The fourth-order valence-corrected chi connectivity index (χ4v) is 0.789. The Morgan fingerprint density at radius 1 is 1.50 bits per heavy atom. The topological polar surface area (TPSA) is 43.4 Å². The van der Waals surface area contributed by atoms with Crippen LogP contribution in [-0.4, -0.2) is 27.2 Å². The summed E-state index contributed by atoms with van der Waals surface area (Å²) in [6.07, 6.45) is 0. The molecule has 0 aliphatic carbocycles. The second-order valence-electron chi connectivity index (χ2n) is 1.44. The molecule has 0 bridgehead atoms. The van der Waals surface area contributed by atoms with Crippen LogP contribution < -0.4 is 0 Å². The molecular weight excluding hydrogens is 128 g/mol. The predicted octanol–water partition coefficient (Wildman–Crippen LogP) is 0.0250. The first-order valence-corrected chi connectivity index (χ1v) is 4.14. The lowest BCUT2D eigenvalue weighted by atomic mass is 11.0. The fraction of sp³-hybridized carbons (Fsp3) is 1.00. The summed E-state index contributed by atoms with van der Waals surface area (Å²) in [4.78, 5) is 0. The summed E-state index contributed by atoms with van der Waals surface area (Å²) in [5.74, 6) is -0.00958. The monoisotopic (exact) mass is 138 g/mol. The van der Waals surface area contributed by atoms with Crippen LogP contribution in [0.5, 0.6) is 0 Å². The number of rotatable bonds is 3. The first-order chi connectivity index (χ1) is 3.62. The minimum absolute atomic E-state index is 0.154. The Bertz CT molecular complexity index is 135. The van der Waals surface area contributed by atoms with Crippen LogP contribution in [0.1, 0.15) is 6.92 Å². The third-order valence-corrected chi connectivity index (χ3v) is 2.21. The molecule has 0 fully saturated rings. The van der Waals surface area contributed by atoms with Crippen molar-refractivity contribution >= 4 is 9.84 Å². The van der Waals surface area contributed by atoms with Crippen LogP contribution in [0.15, 0.2) is 0 Å². The molecule has 0 saturated carbocycles. The summed E-state index contributed by atoms with van der Waals surface area (Å²) in [5.41, 5.74) is 0. The average Bonchev–Trinajstić information content (AvgIpc) is 1.67. The highest BCUT2D eigenvalue weighted by molar-refractivity contribution is 7.91. The second-order valence-corrected chi connectivity index (χ2v) is 3.74. The lowest BCUT2D eigenvalue weighted by Gasteiger charge is -1.95. The molecule has 0 N–H and O–H groups in total.